The fourth-order valence-corrected chi connectivity index (χ4v) is 2.37. The predicted molar refractivity (Wildman–Crippen MR) is 82.2 cm³/mol. The third-order valence-corrected chi connectivity index (χ3v) is 3.10. The standard InChI is InChI=1S/C12H21N5O3S/c1-12(2,3)17-11-16-9(14)8(21-11)10(19)15-4-5-20-6-7(13)18/h4-6,14H2,1-3H3,(H2,13,18)(H,15,19)(H,16,17). The van der Waals surface area contributed by atoms with Crippen molar-refractivity contribution in [3.05, 3.63) is 4.88 Å². The van der Waals surface area contributed by atoms with E-state index in [0.717, 1.165) is 0 Å². The van der Waals surface area contributed by atoms with Gasteiger partial charge in [0, 0.05) is 12.1 Å². The smallest absolute Gasteiger partial charge is 0.265 e. The second-order valence-corrected chi connectivity index (χ2v) is 6.38. The summed E-state index contributed by atoms with van der Waals surface area (Å²) in [5.41, 5.74) is 10.5. The number of carbonyl (C=O) groups excluding carboxylic acids is 2. The minimum atomic E-state index is -0.550. The first-order valence-corrected chi connectivity index (χ1v) is 7.19. The quantitative estimate of drug-likeness (QED) is 0.530. The molecule has 0 unspecified atom stereocenters. The Morgan fingerprint density at radius 2 is 2.05 bits per heavy atom. The molecule has 1 aromatic rings. The van der Waals surface area contributed by atoms with Gasteiger partial charge in [0.2, 0.25) is 5.91 Å². The third-order valence-electron chi connectivity index (χ3n) is 2.12. The van der Waals surface area contributed by atoms with Crippen LogP contribution in [0.1, 0.15) is 30.4 Å². The van der Waals surface area contributed by atoms with Gasteiger partial charge in [-0.3, -0.25) is 9.59 Å². The van der Waals surface area contributed by atoms with E-state index in [4.69, 9.17) is 16.2 Å². The lowest BCUT2D eigenvalue weighted by molar-refractivity contribution is -0.122. The minimum Gasteiger partial charge on any atom is -0.382 e. The molecule has 21 heavy (non-hydrogen) atoms. The fraction of sp³-hybridized carbons (Fsp3) is 0.583. The molecule has 0 saturated heterocycles. The molecule has 0 aromatic carbocycles. The number of nitrogen functional groups attached to an aromatic ring is 1. The molecule has 118 valence electrons. The number of hydrogen-bond donors (Lipinski definition) is 4. The van der Waals surface area contributed by atoms with Gasteiger partial charge in [-0.2, -0.15) is 0 Å². The summed E-state index contributed by atoms with van der Waals surface area (Å²) < 4.78 is 4.94. The molecule has 0 atom stereocenters. The van der Waals surface area contributed by atoms with Crippen LogP contribution in [-0.2, 0) is 9.53 Å². The number of ether oxygens (including phenoxy) is 1. The summed E-state index contributed by atoms with van der Waals surface area (Å²) in [6.45, 7) is 6.24. The van der Waals surface area contributed by atoms with E-state index in [2.05, 4.69) is 15.6 Å². The highest BCUT2D eigenvalue weighted by atomic mass is 32.1. The Hall–Kier alpha value is -1.87. The first-order chi connectivity index (χ1) is 9.69. The first-order valence-electron chi connectivity index (χ1n) is 6.38. The Balaban J connectivity index is 2.49. The third kappa shape index (κ3) is 6.41. The normalized spacial score (nSPS) is 11.2. The highest BCUT2D eigenvalue weighted by Gasteiger charge is 2.18. The molecule has 8 nitrogen and oxygen atoms in total. The van der Waals surface area contributed by atoms with Crippen LogP contribution in [0.25, 0.3) is 0 Å². The molecule has 1 heterocycles. The van der Waals surface area contributed by atoms with Gasteiger partial charge in [-0.1, -0.05) is 11.3 Å². The van der Waals surface area contributed by atoms with E-state index in [1.54, 1.807) is 0 Å². The largest absolute Gasteiger partial charge is 0.382 e. The molecule has 6 N–H and O–H groups in total. The Morgan fingerprint density at radius 3 is 2.62 bits per heavy atom. The summed E-state index contributed by atoms with van der Waals surface area (Å²) in [6, 6.07) is 0. The zero-order valence-corrected chi connectivity index (χ0v) is 13.2. The van der Waals surface area contributed by atoms with Gasteiger partial charge in [-0.15, -0.1) is 0 Å². The molecule has 9 heteroatoms. The van der Waals surface area contributed by atoms with Crippen molar-refractivity contribution in [1.29, 1.82) is 0 Å². The van der Waals surface area contributed by atoms with Crippen LogP contribution in [0.4, 0.5) is 10.9 Å². The summed E-state index contributed by atoms with van der Waals surface area (Å²) in [5, 5.41) is 6.39. The summed E-state index contributed by atoms with van der Waals surface area (Å²) >= 11 is 1.19. The van der Waals surface area contributed by atoms with E-state index in [1.807, 2.05) is 20.8 Å². The Morgan fingerprint density at radius 1 is 1.38 bits per heavy atom. The van der Waals surface area contributed by atoms with Gasteiger partial charge in [0.15, 0.2) is 5.13 Å². The average molecular weight is 315 g/mol. The zero-order valence-electron chi connectivity index (χ0n) is 12.4. The topological polar surface area (TPSA) is 132 Å². The second kappa shape index (κ2) is 7.23. The monoisotopic (exact) mass is 315 g/mol. The van der Waals surface area contributed by atoms with E-state index < -0.39 is 5.91 Å². The maximum absolute atomic E-state index is 11.9. The number of aromatic nitrogens is 1. The van der Waals surface area contributed by atoms with E-state index in [1.165, 1.54) is 11.3 Å². The van der Waals surface area contributed by atoms with Gasteiger partial charge < -0.3 is 26.8 Å². The Bertz CT molecular complexity index is 509. The van der Waals surface area contributed by atoms with E-state index in [-0.39, 0.29) is 37.0 Å². The maximum atomic E-state index is 11.9. The molecule has 0 radical (unpaired) electrons. The molecule has 0 aliphatic heterocycles. The predicted octanol–water partition coefficient (Wildman–Crippen LogP) is 0.167. The number of carbonyl (C=O) groups is 2. The number of rotatable bonds is 7. The highest BCUT2D eigenvalue weighted by Crippen LogP contribution is 2.26. The molecule has 0 bridgehead atoms. The van der Waals surface area contributed by atoms with Crippen molar-refractivity contribution in [3.8, 4) is 0 Å². The number of primary amides is 1. The van der Waals surface area contributed by atoms with E-state index in [0.29, 0.717) is 10.0 Å². The number of nitrogens with two attached hydrogens (primary N) is 2. The van der Waals surface area contributed by atoms with Crippen molar-refractivity contribution in [3.63, 3.8) is 0 Å². The van der Waals surface area contributed by atoms with Crippen LogP contribution < -0.4 is 22.1 Å². The zero-order chi connectivity index (χ0) is 16.0. The van der Waals surface area contributed by atoms with Crippen molar-refractivity contribution in [2.45, 2.75) is 26.3 Å². The van der Waals surface area contributed by atoms with Crippen molar-refractivity contribution in [2.24, 2.45) is 5.73 Å². The molecule has 1 aromatic heterocycles. The van der Waals surface area contributed by atoms with E-state index >= 15 is 0 Å². The van der Waals surface area contributed by atoms with Crippen molar-refractivity contribution in [1.82, 2.24) is 10.3 Å². The summed E-state index contributed by atoms with van der Waals surface area (Å²) in [6.07, 6.45) is 0. The average Bonchev–Trinajstić information content (AvgIpc) is 2.66. The molecule has 0 fully saturated rings. The van der Waals surface area contributed by atoms with Gasteiger partial charge in [0.1, 0.15) is 17.3 Å². The van der Waals surface area contributed by atoms with Crippen LogP contribution in [0.3, 0.4) is 0 Å². The summed E-state index contributed by atoms with van der Waals surface area (Å²) in [7, 11) is 0. The summed E-state index contributed by atoms with van der Waals surface area (Å²) in [5.74, 6) is -0.692. The van der Waals surface area contributed by atoms with Crippen LogP contribution in [0, 0.1) is 0 Å². The number of thiazole rings is 1. The molecule has 0 saturated carbocycles. The second-order valence-electron chi connectivity index (χ2n) is 5.38. The van der Waals surface area contributed by atoms with Gasteiger partial charge in [0.05, 0.1) is 6.61 Å². The molecule has 0 aliphatic carbocycles. The minimum absolute atomic E-state index is 0.166. The first kappa shape index (κ1) is 17.2. The van der Waals surface area contributed by atoms with Crippen LogP contribution in [0.2, 0.25) is 0 Å². The maximum Gasteiger partial charge on any atom is 0.265 e. The number of anilines is 2. The van der Waals surface area contributed by atoms with Gasteiger partial charge in [-0.05, 0) is 20.8 Å². The van der Waals surface area contributed by atoms with Crippen LogP contribution in [0.5, 0.6) is 0 Å². The van der Waals surface area contributed by atoms with Crippen LogP contribution >= 0.6 is 11.3 Å². The molecule has 2 amide bonds. The van der Waals surface area contributed by atoms with Crippen molar-refractivity contribution < 1.29 is 14.3 Å². The van der Waals surface area contributed by atoms with E-state index in [9.17, 15) is 9.59 Å². The number of amides is 2. The van der Waals surface area contributed by atoms with Crippen molar-refractivity contribution in [2.75, 3.05) is 30.8 Å². The SMILES string of the molecule is CC(C)(C)Nc1nc(N)c(C(=O)NCCOCC(N)=O)s1. The Kier molecular flexibility index (Phi) is 5.91. The lowest BCUT2D eigenvalue weighted by Crippen LogP contribution is -2.28. The lowest BCUT2D eigenvalue weighted by atomic mass is 10.1. The number of nitrogens with zero attached hydrogens (tertiary/aromatic N) is 1. The van der Waals surface area contributed by atoms with Gasteiger partial charge in [-0.25, -0.2) is 4.98 Å². The molecule has 1 rings (SSSR count). The number of nitrogens with one attached hydrogen (secondary N) is 2. The highest BCUT2D eigenvalue weighted by molar-refractivity contribution is 7.18. The molecular formula is C12H21N5O3S. The summed E-state index contributed by atoms with van der Waals surface area (Å²) in [4.78, 5) is 26.9. The van der Waals surface area contributed by atoms with Gasteiger partial charge in [0.25, 0.3) is 5.91 Å². The molecule has 0 aliphatic rings. The Labute approximate surface area is 127 Å². The molecular weight excluding hydrogens is 294 g/mol. The van der Waals surface area contributed by atoms with Crippen molar-refractivity contribution >= 4 is 34.1 Å². The van der Waals surface area contributed by atoms with Gasteiger partial charge >= 0.3 is 0 Å². The lowest BCUT2D eigenvalue weighted by Gasteiger charge is -2.19. The molecule has 0 spiro atoms. The van der Waals surface area contributed by atoms with Crippen LogP contribution in [-0.4, -0.2) is 42.1 Å². The number of hydrogen-bond acceptors (Lipinski definition) is 7. The fourth-order valence-electron chi connectivity index (χ4n) is 1.36. The van der Waals surface area contributed by atoms with Crippen LogP contribution in [0.15, 0.2) is 0 Å².